The van der Waals surface area contributed by atoms with Crippen molar-refractivity contribution in [1.29, 1.82) is 0 Å². The molecule has 0 spiro atoms. The van der Waals surface area contributed by atoms with Crippen LogP contribution in [-0.2, 0) is 14.8 Å². The number of hydrogen-bond donors (Lipinski definition) is 3. The predicted octanol–water partition coefficient (Wildman–Crippen LogP) is 1.91. The van der Waals surface area contributed by atoms with Gasteiger partial charge in [-0.2, -0.15) is 0 Å². The van der Waals surface area contributed by atoms with Crippen molar-refractivity contribution >= 4 is 21.7 Å². The summed E-state index contributed by atoms with van der Waals surface area (Å²) in [4.78, 5) is 11.1. The van der Waals surface area contributed by atoms with E-state index in [1.165, 1.54) is 18.2 Å². The van der Waals surface area contributed by atoms with E-state index < -0.39 is 16.0 Å². The Kier molecular flexibility index (Phi) is 7.47. The van der Waals surface area contributed by atoms with Crippen molar-refractivity contribution in [3.63, 3.8) is 0 Å². The Hall–Kier alpha value is -1.64. The normalized spacial score (nSPS) is 12.8. The lowest BCUT2D eigenvalue weighted by Crippen LogP contribution is -2.27. The molecule has 1 aromatic carbocycles. The monoisotopic (exact) mass is 344 g/mol. The summed E-state index contributed by atoms with van der Waals surface area (Å²) in [6.45, 7) is 4.56. The van der Waals surface area contributed by atoms with Crippen molar-refractivity contribution in [1.82, 2.24) is 4.72 Å². The number of nitrogens with one attached hydrogen (secondary N) is 2. The molecule has 0 aromatic heterocycles. The van der Waals surface area contributed by atoms with E-state index in [1.807, 2.05) is 13.8 Å². The first-order chi connectivity index (χ1) is 10.8. The molecule has 130 valence electrons. The molecule has 0 aliphatic heterocycles. The number of anilines is 1. The molecule has 0 saturated carbocycles. The third kappa shape index (κ3) is 5.81. The molecule has 1 aromatic rings. The van der Waals surface area contributed by atoms with Crippen LogP contribution in [0.5, 0.6) is 0 Å². The van der Waals surface area contributed by atoms with Gasteiger partial charge in [0.25, 0.3) is 0 Å². The van der Waals surface area contributed by atoms with Crippen LogP contribution in [0.1, 0.15) is 37.0 Å². The number of benzene rings is 1. The summed E-state index contributed by atoms with van der Waals surface area (Å²) in [6.07, 6.45) is 1.34. The highest BCUT2D eigenvalue weighted by Crippen LogP contribution is 2.24. The van der Waals surface area contributed by atoms with E-state index in [-0.39, 0.29) is 23.0 Å². The zero-order valence-electron chi connectivity index (χ0n) is 13.6. The topological polar surface area (TPSA) is 105 Å². The molecule has 1 atom stereocenters. The summed E-state index contributed by atoms with van der Waals surface area (Å²) < 4.78 is 32.3. The molecule has 0 radical (unpaired) electrons. The average Bonchev–Trinajstić information content (AvgIpc) is 2.51. The van der Waals surface area contributed by atoms with Crippen LogP contribution in [0, 0.1) is 0 Å². The van der Waals surface area contributed by atoms with E-state index in [9.17, 15) is 13.2 Å². The van der Waals surface area contributed by atoms with Crippen LogP contribution >= 0.6 is 0 Å². The quantitative estimate of drug-likeness (QED) is 0.560. The van der Waals surface area contributed by atoms with Crippen LogP contribution in [-0.4, -0.2) is 45.8 Å². The number of carboxylic acid groups (broad SMARTS) is 1. The van der Waals surface area contributed by atoms with Crippen molar-refractivity contribution in [3.8, 4) is 0 Å². The Bertz CT molecular complexity index is 631. The number of rotatable bonds is 10. The minimum absolute atomic E-state index is 0.0601. The second-order valence-electron chi connectivity index (χ2n) is 5.21. The van der Waals surface area contributed by atoms with Gasteiger partial charge in [-0.05, 0) is 38.0 Å². The highest BCUT2D eigenvalue weighted by Gasteiger charge is 2.21. The van der Waals surface area contributed by atoms with Crippen LogP contribution in [0.3, 0.4) is 0 Å². The molecular weight excluding hydrogens is 320 g/mol. The maximum absolute atomic E-state index is 12.5. The number of ether oxygens (including phenoxy) is 1. The molecule has 0 fully saturated rings. The fourth-order valence-corrected chi connectivity index (χ4v) is 3.13. The molecule has 1 rings (SSSR count). The molecule has 7 nitrogen and oxygen atoms in total. The average molecular weight is 344 g/mol. The highest BCUT2D eigenvalue weighted by atomic mass is 32.2. The molecule has 3 N–H and O–H groups in total. The smallest absolute Gasteiger partial charge is 0.335 e. The summed E-state index contributed by atoms with van der Waals surface area (Å²) in [5, 5.41) is 12.2. The summed E-state index contributed by atoms with van der Waals surface area (Å²) in [7, 11) is -2.27. The molecule has 0 heterocycles. The molecule has 0 amide bonds. The second-order valence-corrected chi connectivity index (χ2v) is 6.95. The van der Waals surface area contributed by atoms with Gasteiger partial charge in [-0.15, -0.1) is 0 Å². The first-order valence-electron chi connectivity index (χ1n) is 7.44. The fraction of sp³-hybridized carbons (Fsp3) is 0.533. The van der Waals surface area contributed by atoms with Gasteiger partial charge in [0.05, 0.1) is 11.3 Å². The molecule has 1 unspecified atom stereocenters. The Labute approximate surface area is 137 Å². The summed E-state index contributed by atoms with van der Waals surface area (Å²) in [5.41, 5.74) is 0.320. The third-order valence-corrected chi connectivity index (χ3v) is 4.85. The molecule has 0 saturated heterocycles. The molecule has 0 aliphatic rings. The van der Waals surface area contributed by atoms with Gasteiger partial charge < -0.3 is 15.2 Å². The van der Waals surface area contributed by atoms with Crippen molar-refractivity contribution < 1.29 is 23.1 Å². The maximum Gasteiger partial charge on any atom is 0.335 e. The Morgan fingerprint density at radius 3 is 2.65 bits per heavy atom. The van der Waals surface area contributed by atoms with Crippen molar-refractivity contribution in [2.75, 3.05) is 25.6 Å². The largest absolute Gasteiger partial charge is 0.478 e. The predicted molar refractivity (Wildman–Crippen MR) is 88.5 cm³/mol. The highest BCUT2D eigenvalue weighted by molar-refractivity contribution is 7.89. The van der Waals surface area contributed by atoms with Gasteiger partial charge in [-0.1, -0.05) is 6.92 Å². The zero-order chi connectivity index (χ0) is 17.5. The molecule has 8 heteroatoms. The summed E-state index contributed by atoms with van der Waals surface area (Å²) >= 11 is 0. The Balaban J connectivity index is 3.12. The molecule has 0 bridgehead atoms. The van der Waals surface area contributed by atoms with Gasteiger partial charge in [-0.3, -0.25) is 0 Å². The van der Waals surface area contributed by atoms with E-state index in [2.05, 4.69) is 10.0 Å². The zero-order valence-corrected chi connectivity index (χ0v) is 14.4. The lowest BCUT2D eigenvalue weighted by atomic mass is 10.2. The number of methoxy groups -OCH3 is 1. The minimum atomic E-state index is -3.81. The van der Waals surface area contributed by atoms with E-state index in [0.29, 0.717) is 18.7 Å². The van der Waals surface area contributed by atoms with Crippen molar-refractivity contribution in [2.45, 2.75) is 37.6 Å². The van der Waals surface area contributed by atoms with Gasteiger partial charge >= 0.3 is 5.97 Å². The number of aromatic carboxylic acids is 1. The molecular formula is C15H24N2O5S. The Morgan fingerprint density at radius 2 is 2.09 bits per heavy atom. The number of hydrogen-bond acceptors (Lipinski definition) is 5. The van der Waals surface area contributed by atoms with E-state index in [0.717, 1.165) is 6.42 Å². The van der Waals surface area contributed by atoms with Crippen LogP contribution in [0.4, 0.5) is 5.69 Å². The fourth-order valence-electron chi connectivity index (χ4n) is 1.87. The summed E-state index contributed by atoms with van der Waals surface area (Å²) in [5.74, 6) is -1.17. The minimum Gasteiger partial charge on any atom is -0.478 e. The van der Waals surface area contributed by atoms with Gasteiger partial charge in [0.15, 0.2) is 0 Å². The first kappa shape index (κ1) is 19.4. The molecule has 23 heavy (non-hydrogen) atoms. The second kappa shape index (κ2) is 8.85. The van der Waals surface area contributed by atoms with E-state index in [1.54, 1.807) is 7.11 Å². The van der Waals surface area contributed by atoms with Crippen LogP contribution in [0.2, 0.25) is 0 Å². The van der Waals surface area contributed by atoms with Crippen molar-refractivity contribution in [2.24, 2.45) is 0 Å². The van der Waals surface area contributed by atoms with Crippen LogP contribution in [0.15, 0.2) is 23.1 Å². The van der Waals surface area contributed by atoms with Crippen LogP contribution < -0.4 is 10.0 Å². The van der Waals surface area contributed by atoms with E-state index in [4.69, 9.17) is 9.84 Å². The number of carboxylic acids is 1. The van der Waals surface area contributed by atoms with Gasteiger partial charge in [0.1, 0.15) is 4.90 Å². The van der Waals surface area contributed by atoms with Gasteiger partial charge in [0, 0.05) is 26.3 Å². The number of sulfonamides is 1. The molecule has 0 aliphatic carbocycles. The van der Waals surface area contributed by atoms with Crippen LogP contribution in [0.25, 0.3) is 0 Å². The first-order valence-corrected chi connectivity index (χ1v) is 8.92. The van der Waals surface area contributed by atoms with Gasteiger partial charge in [0.2, 0.25) is 10.0 Å². The SMILES string of the molecule is CCC(C)Nc1ccc(C(=O)O)cc1S(=O)(=O)NCCCOC. The maximum atomic E-state index is 12.5. The van der Waals surface area contributed by atoms with E-state index >= 15 is 0 Å². The lowest BCUT2D eigenvalue weighted by molar-refractivity contribution is 0.0696. The van der Waals surface area contributed by atoms with Gasteiger partial charge in [-0.25, -0.2) is 17.9 Å². The standard InChI is InChI=1S/C15H24N2O5S/c1-4-11(2)17-13-7-6-12(15(18)19)10-14(13)23(20,21)16-8-5-9-22-3/h6-7,10-11,16-17H,4-5,8-9H2,1-3H3,(H,18,19). The third-order valence-electron chi connectivity index (χ3n) is 3.35. The summed E-state index contributed by atoms with van der Waals surface area (Å²) in [6, 6.07) is 4.11. The number of carbonyl (C=O) groups is 1. The Morgan fingerprint density at radius 1 is 1.39 bits per heavy atom. The van der Waals surface area contributed by atoms with Crippen molar-refractivity contribution in [3.05, 3.63) is 23.8 Å². The lowest BCUT2D eigenvalue weighted by Gasteiger charge is -2.17.